The van der Waals surface area contributed by atoms with Gasteiger partial charge in [-0.3, -0.25) is 9.97 Å². The highest BCUT2D eigenvalue weighted by Gasteiger charge is 2.23. The number of alkyl carbamates (subject to hydrolysis) is 1. The molecule has 0 bridgehead atoms. The number of ether oxygens (including phenoxy) is 1. The number of pyridine rings is 2. The van der Waals surface area contributed by atoms with Gasteiger partial charge in [-0.25, -0.2) is 9.18 Å². The molecule has 0 aliphatic rings. The van der Waals surface area contributed by atoms with E-state index in [1.165, 1.54) is 12.1 Å². The normalized spacial score (nSPS) is 11.5. The average molecular weight is 449 g/mol. The lowest BCUT2D eigenvalue weighted by molar-refractivity contribution is 0.0528. The van der Waals surface area contributed by atoms with Crippen LogP contribution in [0.2, 0.25) is 0 Å². The predicted octanol–water partition coefficient (Wildman–Crippen LogP) is 4.86. The van der Waals surface area contributed by atoms with Crippen LogP contribution in [0.5, 0.6) is 0 Å². The van der Waals surface area contributed by atoms with Crippen molar-refractivity contribution in [3.63, 3.8) is 0 Å². The topological polar surface area (TPSA) is 103 Å². The van der Waals surface area contributed by atoms with Crippen LogP contribution in [0.25, 0.3) is 33.6 Å². The van der Waals surface area contributed by atoms with E-state index in [1.54, 1.807) is 46.0 Å². The number of aromatic nitrogens is 4. The van der Waals surface area contributed by atoms with Crippen LogP contribution >= 0.6 is 0 Å². The first-order valence-electron chi connectivity index (χ1n) is 10.5. The lowest BCUT2D eigenvalue weighted by Crippen LogP contribution is -2.33. The minimum atomic E-state index is -0.600. The second kappa shape index (κ2) is 8.93. The third kappa shape index (κ3) is 5.14. The zero-order valence-corrected chi connectivity index (χ0v) is 18.8. The van der Waals surface area contributed by atoms with Gasteiger partial charge in [-0.15, -0.1) is 0 Å². The van der Waals surface area contributed by atoms with Crippen LogP contribution in [0.4, 0.5) is 9.18 Å². The first-order valence-corrected chi connectivity index (χ1v) is 10.5. The molecule has 0 fully saturated rings. The zero-order valence-electron chi connectivity index (χ0n) is 18.8. The van der Waals surface area contributed by atoms with Crippen LogP contribution in [-0.4, -0.2) is 38.3 Å². The summed E-state index contributed by atoms with van der Waals surface area (Å²) >= 11 is 0. The number of fused-ring (bicyclic) bond motifs is 1. The number of hydrogen-bond acceptors (Lipinski definition) is 7. The van der Waals surface area contributed by atoms with Crippen molar-refractivity contribution in [1.29, 1.82) is 0 Å². The van der Waals surface area contributed by atoms with Crippen LogP contribution in [0.1, 0.15) is 32.3 Å². The smallest absolute Gasteiger partial charge is 0.407 e. The largest absolute Gasteiger partial charge is 0.444 e. The van der Waals surface area contributed by atoms with E-state index in [0.29, 0.717) is 45.7 Å². The summed E-state index contributed by atoms with van der Waals surface area (Å²) in [6.45, 7) is 7.39. The number of nitrogens with zero attached hydrogens (tertiary/aromatic N) is 4. The molecule has 1 N–H and O–H groups in total. The van der Waals surface area contributed by atoms with Gasteiger partial charge in [-0.05, 0) is 58.0 Å². The molecular formula is C24H24FN5O3. The summed E-state index contributed by atoms with van der Waals surface area (Å²) in [7, 11) is 0. The molecule has 0 saturated heterocycles. The van der Waals surface area contributed by atoms with Crippen molar-refractivity contribution in [3.8, 4) is 22.7 Å². The molecule has 0 atom stereocenters. The Morgan fingerprint density at radius 1 is 1.15 bits per heavy atom. The van der Waals surface area contributed by atoms with Crippen molar-refractivity contribution >= 4 is 17.0 Å². The molecule has 0 aliphatic carbocycles. The molecule has 0 unspecified atom stereocenters. The molecule has 1 aromatic carbocycles. The lowest BCUT2D eigenvalue weighted by atomic mass is 9.95. The molecule has 0 saturated carbocycles. The fourth-order valence-corrected chi connectivity index (χ4v) is 3.47. The van der Waals surface area contributed by atoms with Crippen LogP contribution in [-0.2, 0) is 11.2 Å². The molecule has 3 aromatic heterocycles. The fourth-order valence-electron chi connectivity index (χ4n) is 3.47. The maximum Gasteiger partial charge on any atom is 0.407 e. The van der Waals surface area contributed by atoms with E-state index >= 15 is 0 Å². The quantitative estimate of drug-likeness (QED) is 0.464. The molecular weight excluding hydrogens is 425 g/mol. The van der Waals surface area contributed by atoms with Gasteiger partial charge < -0.3 is 14.6 Å². The third-order valence-corrected chi connectivity index (χ3v) is 4.71. The highest BCUT2D eigenvalue weighted by molar-refractivity contribution is 6.00. The van der Waals surface area contributed by atoms with E-state index in [0.717, 1.165) is 0 Å². The van der Waals surface area contributed by atoms with E-state index in [2.05, 4.69) is 20.4 Å². The SMILES string of the molecule is Cc1noc(-c2c(-c3ccccn3)c(CCNC(=O)OC(C)(C)C)nc3ccc(F)cc23)n1. The van der Waals surface area contributed by atoms with Crippen LogP contribution in [0.15, 0.2) is 47.1 Å². The van der Waals surface area contributed by atoms with Crippen molar-refractivity contribution in [2.24, 2.45) is 0 Å². The Balaban J connectivity index is 1.84. The summed E-state index contributed by atoms with van der Waals surface area (Å²) in [5.74, 6) is 0.284. The first kappa shape index (κ1) is 22.3. The standard InChI is InChI=1S/C24H24FN5O3/c1-14-28-22(33-30-14)20-16-13-15(25)8-9-17(16)29-19(21(20)18-7-5-6-11-26-18)10-12-27-23(31)32-24(2,3)4/h5-9,11,13H,10,12H2,1-4H3,(H,27,31). The first-order chi connectivity index (χ1) is 15.7. The number of hydrogen-bond donors (Lipinski definition) is 1. The molecule has 8 nitrogen and oxygen atoms in total. The van der Waals surface area contributed by atoms with Gasteiger partial charge in [0.2, 0.25) is 0 Å². The Morgan fingerprint density at radius 3 is 2.64 bits per heavy atom. The molecule has 0 aliphatic heterocycles. The summed E-state index contributed by atoms with van der Waals surface area (Å²) in [4.78, 5) is 25.8. The van der Waals surface area contributed by atoms with Gasteiger partial charge in [0.25, 0.3) is 5.89 Å². The van der Waals surface area contributed by atoms with E-state index in [4.69, 9.17) is 14.2 Å². The number of carbonyl (C=O) groups excluding carboxylic acids is 1. The Morgan fingerprint density at radius 2 is 1.97 bits per heavy atom. The summed E-state index contributed by atoms with van der Waals surface area (Å²) in [6, 6.07) is 9.83. The second-order valence-electron chi connectivity index (χ2n) is 8.51. The lowest BCUT2D eigenvalue weighted by Gasteiger charge is -2.20. The molecule has 3 heterocycles. The highest BCUT2D eigenvalue weighted by atomic mass is 19.1. The monoisotopic (exact) mass is 449 g/mol. The van der Waals surface area contributed by atoms with Gasteiger partial charge in [0.05, 0.1) is 22.5 Å². The third-order valence-electron chi connectivity index (χ3n) is 4.71. The maximum atomic E-state index is 14.2. The van der Waals surface area contributed by atoms with Crippen LogP contribution in [0.3, 0.4) is 0 Å². The van der Waals surface area contributed by atoms with Crippen molar-refractivity contribution in [2.45, 2.75) is 39.7 Å². The summed E-state index contributed by atoms with van der Waals surface area (Å²) in [6.07, 6.45) is 1.52. The molecule has 9 heteroatoms. The number of amides is 1. The molecule has 1 amide bonds. The summed E-state index contributed by atoms with van der Waals surface area (Å²) in [5.41, 5.74) is 2.42. The van der Waals surface area contributed by atoms with E-state index < -0.39 is 17.5 Å². The van der Waals surface area contributed by atoms with Gasteiger partial charge in [-0.2, -0.15) is 4.98 Å². The van der Waals surface area contributed by atoms with Gasteiger partial charge >= 0.3 is 6.09 Å². The minimum absolute atomic E-state index is 0.243. The molecule has 170 valence electrons. The van der Waals surface area contributed by atoms with Gasteiger partial charge in [-0.1, -0.05) is 11.2 Å². The van der Waals surface area contributed by atoms with Crippen molar-refractivity contribution in [3.05, 3.63) is 59.9 Å². The summed E-state index contributed by atoms with van der Waals surface area (Å²) < 4.78 is 25.0. The molecule has 33 heavy (non-hydrogen) atoms. The summed E-state index contributed by atoms with van der Waals surface area (Å²) in [5, 5.41) is 7.20. The fraction of sp³-hybridized carbons (Fsp3) is 0.292. The maximum absolute atomic E-state index is 14.2. The van der Waals surface area contributed by atoms with Crippen molar-refractivity contribution in [1.82, 2.24) is 25.4 Å². The molecule has 4 aromatic rings. The highest BCUT2D eigenvalue weighted by Crippen LogP contribution is 2.38. The number of nitrogens with one attached hydrogen (secondary N) is 1. The van der Waals surface area contributed by atoms with E-state index in [-0.39, 0.29) is 12.4 Å². The van der Waals surface area contributed by atoms with Crippen LogP contribution < -0.4 is 5.32 Å². The zero-order chi connectivity index (χ0) is 23.6. The molecule has 0 spiro atoms. The van der Waals surface area contributed by atoms with Gasteiger partial charge in [0, 0.05) is 30.1 Å². The van der Waals surface area contributed by atoms with Gasteiger partial charge in [0.1, 0.15) is 11.4 Å². The average Bonchev–Trinajstić information content (AvgIpc) is 3.18. The van der Waals surface area contributed by atoms with Gasteiger partial charge in [0.15, 0.2) is 5.82 Å². The van der Waals surface area contributed by atoms with Crippen molar-refractivity contribution in [2.75, 3.05) is 6.54 Å². The van der Waals surface area contributed by atoms with Crippen LogP contribution in [0, 0.1) is 12.7 Å². The predicted molar refractivity (Wildman–Crippen MR) is 121 cm³/mol. The molecule has 0 radical (unpaired) electrons. The Hall–Kier alpha value is -3.88. The van der Waals surface area contributed by atoms with E-state index in [9.17, 15) is 9.18 Å². The Bertz CT molecular complexity index is 1300. The number of rotatable bonds is 5. The second-order valence-corrected chi connectivity index (χ2v) is 8.51. The number of aryl methyl sites for hydroxylation is 1. The molecule has 4 rings (SSSR count). The van der Waals surface area contributed by atoms with E-state index in [1.807, 2.05) is 12.1 Å². The minimum Gasteiger partial charge on any atom is -0.444 e. The Labute approximate surface area is 190 Å². The number of carbonyl (C=O) groups is 1. The Kier molecular flexibility index (Phi) is 6.04. The number of benzene rings is 1. The number of halogens is 1. The van der Waals surface area contributed by atoms with Crippen molar-refractivity contribution < 1.29 is 18.4 Å².